The van der Waals surface area contributed by atoms with Crippen molar-refractivity contribution in [3.63, 3.8) is 0 Å². The van der Waals surface area contributed by atoms with Gasteiger partial charge in [-0.1, -0.05) is 50.2 Å². The van der Waals surface area contributed by atoms with Gasteiger partial charge in [0.05, 0.1) is 10.6 Å². The van der Waals surface area contributed by atoms with Gasteiger partial charge in [-0.2, -0.15) is 0 Å². The Morgan fingerprint density at radius 3 is 2.40 bits per heavy atom. The summed E-state index contributed by atoms with van der Waals surface area (Å²) in [5, 5.41) is 4.97. The van der Waals surface area contributed by atoms with Gasteiger partial charge in [-0.05, 0) is 35.2 Å². The Morgan fingerprint density at radius 1 is 1.04 bits per heavy atom. The van der Waals surface area contributed by atoms with Gasteiger partial charge in [-0.25, -0.2) is 0 Å². The van der Waals surface area contributed by atoms with Gasteiger partial charge in [0.2, 0.25) is 0 Å². The highest BCUT2D eigenvalue weighted by Gasteiger charge is 2.23. The Labute approximate surface area is 153 Å². The van der Waals surface area contributed by atoms with Crippen LogP contribution in [0.5, 0.6) is 0 Å². The lowest BCUT2D eigenvalue weighted by Gasteiger charge is -2.22. The molecule has 0 bridgehead atoms. The number of hydrogen-bond acceptors (Lipinski definition) is 3. The van der Waals surface area contributed by atoms with E-state index < -0.39 is 0 Å². The van der Waals surface area contributed by atoms with Crippen molar-refractivity contribution < 1.29 is 4.79 Å². The molecule has 1 aromatic heterocycles. The van der Waals surface area contributed by atoms with E-state index in [4.69, 9.17) is 5.73 Å². The molecular weight excluding hydrogens is 328 g/mol. The zero-order chi connectivity index (χ0) is 17.8. The van der Waals surface area contributed by atoms with E-state index >= 15 is 0 Å². The highest BCUT2D eigenvalue weighted by Crippen LogP contribution is 2.36. The molecule has 0 aliphatic carbocycles. The largest absolute Gasteiger partial charge is 0.390 e. The fraction of sp³-hybridized carbons (Fsp3) is 0.286. The second-order valence-electron chi connectivity index (χ2n) is 6.24. The van der Waals surface area contributed by atoms with Crippen molar-refractivity contribution in [1.29, 1.82) is 0 Å². The highest BCUT2D eigenvalue weighted by atomic mass is 32.1. The third-order valence-corrected chi connectivity index (χ3v) is 5.18. The van der Waals surface area contributed by atoms with E-state index in [0.29, 0.717) is 10.6 Å². The van der Waals surface area contributed by atoms with Crippen LogP contribution in [-0.2, 0) is 0 Å². The molecule has 2 aromatic carbocycles. The lowest BCUT2D eigenvalue weighted by atomic mass is 9.99. The average molecular weight is 353 g/mol. The third kappa shape index (κ3) is 3.54. The number of fused-ring (bicyclic) bond motifs is 1. The molecule has 0 saturated heterocycles. The van der Waals surface area contributed by atoms with Crippen molar-refractivity contribution in [2.24, 2.45) is 0 Å². The van der Waals surface area contributed by atoms with E-state index in [-0.39, 0.29) is 5.91 Å². The summed E-state index contributed by atoms with van der Waals surface area (Å²) in [6, 6.07) is 14.6. The Balaban J connectivity index is 2.04. The van der Waals surface area contributed by atoms with E-state index in [1.165, 1.54) is 22.1 Å². The Hall–Kier alpha value is -2.33. The van der Waals surface area contributed by atoms with Crippen LogP contribution in [0.2, 0.25) is 0 Å². The van der Waals surface area contributed by atoms with Crippen LogP contribution < -0.4 is 5.73 Å². The molecule has 0 radical (unpaired) electrons. The predicted molar refractivity (Wildman–Crippen MR) is 108 cm³/mol. The number of rotatable bonds is 6. The van der Waals surface area contributed by atoms with Crippen LogP contribution in [0, 0.1) is 0 Å². The quantitative estimate of drug-likeness (QED) is 0.644. The van der Waals surface area contributed by atoms with Crippen molar-refractivity contribution in [3.8, 4) is 11.1 Å². The lowest BCUT2D eigenvalue weighted by molar-refractivity contribution is 0.0758. The molecule has 0 fully saturated rings. The molecule has 4 heteroatoms. The number of nitrogens with two attached hydrogens (primary N) is 1. The van der Waals surface area contributed by atoms with Gasteiger partial charge in [0.1, 0.15) is 0 Å². The molecule has 0 spiro atoms. The predicted octanol–water partition coefficient (Wildman–Crippen LogP) is 5.41. The zero-order valence-electron chi connectivity index (χ0n) is 14.8. The first-order chi connectivity index (χ1) is 12.2. The topological polar surface area (TPSA) is 46.3 Å². The van der Waals surface area contributed by atoms with Crippen LogP contribution in [0.1, 0.15) is 37.0 Å². The maximum atomic E-state index is 13.1. The summed E-state index contributed by atoms with van der Waals surface area (Å²) in [6.45, 7) is 5.71. The van der Waals surface area contributed by atoms with Gasteiger partial charge < -0.3 is 10.6 Å². The van der Waals surface area contributed by atoms with Crippen LogP contribution in [0.15, 0.2) is 47.8 Å². The number of amides is 1. The molecule has 0 aliphatic rings. The summed E-state index contributed by atoms with van der Waals surface area (Å²) in [4.78, 5) is 15.0. The summed E-state index contributed by atoms with van der Waals surface area (Å²) in [6.07, 6.45) is 1.89. The number of benzene rings is 2. The first-order valence-electron chi connectivity index (χ1n) is 8.81. The summed E-state index contributed by atoms with van der Waals surface area (Å²) in [5.41, 5.74) is 8.83. The van der Waals surface area contributed by atoms with E-state index in [2.05, 4.69) is 44.2 Å². The highest BCUT2D eigenvalue weighted by molar-refractivity contribution is 7.15. The average Bonchev–Trinajstić information content (AvgIpc) is 3.02. The fourth-order valence-electron chi connectivity index (χ4n) is 3.18. The molecular formula is C21H24N2OS. The van der Waals surface area contributed by atoms with E-state index in [9.17, 15) is 4.79 Å². The smallest absolute Gasteiger partial charge is 0.257 e. The van der Waals surface area contributed by atoms with Gasteiger partial charge in [0, 0.05) is 24.0 Å². The molecule has 0 saturated carbocycles. The van der Waals surface area contributed by atoms with Gasteiger partial charge >= 0.3 is 0 Å². The minimum absolute atomic E-state index is 0.0469. The standard InChI is InChI=1S/C21H24N2OS/c1-3-11-23(12-4-2)21(24)19-18(14-25-20(19)22)17-10-9-15-7-5-6-8-16(15)13-17/h5-10,13-14H,3-4,11-12,22H2,1-2H3. The fourth-order valence-corrected chi connectivity index (χ4v) is 3.99. The minimum Gasteiger partial charge on any atom is -0.390 e. The first kappa shape index (κ1) is 17.5. The lowest BCUT2D eigenvalue weighted by Crippen LogP contribution is -2.33. The van der Waals surface area contributed by atoms with Crippen molar-refractivity contribution in [2.75, 3.05) is 18.8 Å². The maximum absolute atomic E-state index is 13.1. The first-order valence-corrected chi connectivity index (χ1v) is 9.69. The summed E-state index contributed by atoms with van der Waals surface area (Å²) in [7, 11) is 0. The van der Waals surface area contributed by atoms with Crippen LogP contribution in [-0.4, -0.2) is 23.9 Å². The van der Waals surface area contributed by atoms with Crippen LogP contribution >= 0.6 is 11.3 Å². The molecule has 0 atom stereocenters. The Bertz CT molecular complexity index is 878. The van der Waals surface area contributed by atoms with Crippen LogP contribution in [0.3, 0.4) is 0 Å². The number of carbonyl (C=O) groups excluding carboxylic acids is 1. The molecule has 0 unspecified atom stereocenters. The third-order valence-electron chi connectivity index (χ3n) is 4.37. The molecule has 3 nitrogen and oxygen atoms in total. The van der Waals surface area contributed by atoms with Crippen molar-refractivity contribution in [1.82, 2.24) is 4.90 Å². The Morgan fingerprint density at radius 2 is 1.72 bits per heavy atom. The van der Waals surface area contributed by atoms with E-state index in [1.54, 1.807) is 0 Å². The second kappa shape index (κ2) is 7.70. The molecule has 3 rings (SSSR count). The molecule has 2 N–H and O–H groups in total. The van der Waals surface area contributed by atoms with Gasteiger partial charge in [-0.3, -0.25) is 4.79 Å². The number of anilines is 1. The molecule has 3 aromatic rings. The Kier molecular flexibility index (Phi) is 5.39. The van der Waals surface area contributed by atoms with E-state index in [0.717, 1.165) is 37.1 Å². The van der Waals surface area contributed by atoms with Gasteiger partial charge in [-0.15, -0.1) is 11.3 Å². The SMILES string of the molecule is CCCN(CCC)C(=O)c1c(-c2ccc3ccccc3c2)csc1N. The molecule has 1 amide bonds. The minimum atomic E-state index is 0.0469. The normalized spacial score (nSPS) is 11.0. The molecule has 1 heterocycles. The number of nitrogen functional groups attached to an aromatic ring is 1. The van der Waals surface area contributed by atoms with Gasteiger partial charge in [0.15, 0.2) is 0 Å². The number of hydrogen-bond donors (Lipinski definition) is 1. The second-order valence-corrected chi connectivity index (χ2v) is 7.15. The van der Waals surface area contributed by atoms with Crippen LogP contribution in [0.25, 0.3) is 21.9 Å². The maximum Gasteiger partial charge on any atom is 0.257 e. The summed E-state index contributed by atoms with van der Waals surface area (Å²) >= 11 is 1.44. The molecule has 0 aliphatic heterocycles. The number of thiophene rings is 1. The molecule has 25 heavy (non-hydrogen) atoms. The summed E-state index contributed by atoms with van der Waals surface area (Å²) in [5.74, 6) is 0.0469. The van der Waals surface area contributed by atoms with Crippen molar-refractivity contribution in [2.45, 2.75) is 26.7 Å². The van der Waals surface area contributed by atoms with Crippen molar-refractivity contribution >= 4 is 33.0 Å². The molecule has 130 valence electrons. The number of carbonyl (C=O) groups is 1. The summed E-state index contributed by atoms with van der Waals surface area (Å²) < 4.78 is 0. The van der Waals surface area contributed by atoms with Crippen molar-refractivity contribution in [3.05, 3.63) is 53.4 Å². The van der Waals surface area contributed by atoms with Crippen LogP contribution in [0.4, 0.5) is 5.00 Å². The zero-order valence-corrected chi connectivity index (χ0v) is 15.6. The monoisotopic (exact) mass is 352 g/mol. The van der Waals surface area contributed by atoms with E-state index in [1.807, 2.05) is 22.4 Å². The number of nitrogens with zero attached hydrogens (tertiary/aromatic N) is 1. The van der Waals surface area contributed by atoms with Gasteiger partial charge in [0.25, 0.3) is 5.91 Å².